The molecule has 1 N–H and O–H groups in total. The lowest BCUT2D eigenvalue weighted by Gasteiger charge is -2.20. The van der Waals surface area contributed by atoms with Crippen LogP contribution < -0.4 is 5.32 Å². The summed E-state index contributed by atoms with van der Waals surface area (Å²) in [5.74, 6) is 0.883. The lowest BCUT2D eigenvalue weighted by Crippen LogP contribution is -2.31. The average Bonchev–Trinajstić information content (AvgIpc) is 2.73. The van der Waals surface area contributed by atoms with E-state index in [-0.39, 0.29) is 0 Å². The third kappa shape index (κ3) is 2.14. The second kappa shape index (κ2) is 4.49. The van der Waals surface area contributed by atoms with Gasteiger partial charge in [-0.15, -0.1) is 0 Å². The Morgan fingerprint density at radius 3 is 3.00 bits per heavy atom. The van der Waals surface area contributed by atoms with E-state index < -0.39 is 0 Å². The summed E-state index contributed by atoms with van der Waals surface area (Å²) in [5, 5.41) is 7.51. The molecule has 86 valence electrons. The minimum atomic E-state index is 0.463. The van der Waals surface area contributed by atoms with Crippen LogP contribution >= 0.6 is 0 Å². The predicted molar refractivity (Wildman–Crippen MR) is 64.6 cm³/mol. The Kier molecular flexibility index (Phi) is 3.05. The fourth-order valence-electron chi connectivity index (χ4n) is 1.42. The van der Waals surface area contributed by atoms with Gasteiger partial charge in [-0.05, 0) is 27.1 Å². The van der Waals surface area contributed by atoms with E-state index in [1.54, 1.807) is 12.4 Å². The van der Waals surface area contributed by atoms with Crippen molar-refractivity contribution in [3.8, 4) is 0 Å². The molecule has 5 nitrogen and oxygen atoms in total. The van der Waals surface area contributed by atoms with Gasteiger partial charge in [-0.25, -0.2) is 9.50 Å². The van der Waals surface area contributed by atoms with Crippen LogP contribution in [0.25, 0.3) is 5.52 Å². The van der Waals surface area contributed by atoms with E-state index in [0.717, 1.165) is 17.9 Å². The Bertz CT molecular complexity index is 462. The van der Waals surface area contributed by atoms with Crippen LogP contribution in [0.3, 0.4) is 0 Å². The van der Waals surface area contributed by atoms with Crippen molar-refractivity contribution in [1.29, 1.82) is 0 Å². The lowest BCUT2D eigenvalue weighted by molar-refractivity contribution is 0.326. The average molecular weight is 219 g/mol. The van der Waals surface area contributed by atoms with Crippen LogP contribution in [0.5, 0.6) is 0 Å². The van der Waals surface area contributed by atoms with Crippen molar-refractivity contribution in [3.05, 3.63) is 24.7 Å². The maximum atomic E-state index is 4.32. The number of nitrogens with one attached hydrogen (secondary N) is 1. The topological polar surface area (TPSA) is 45.5 Å². The Labute approximate surface area is 95.1 Å². The molecule has 1 atom stereocenters. The van der Waals surface area contributed by atoms with Crippen molar-refractivity contribution >= 4 is 11.3 Å². The zero-order valence-corrected chi connectivity index (χ0v) is 9.88. The van der Waals surface area contributed by atoms with Gasteiger partial charge in [0, 0.05) is 25.0 Å². The number of nitrogens with zero attached hydrogens (tertiary/aromatic N) is 4. The van der Waals surface area contributed by atoms with Crippen LogP contribution in [0.1, 0.15) is 6.92 Å². The van der Waals surface area contributed by atoms with Gasteiger partial charge in [-0.1, -0.05) is 0 Å². The quantitative estimate of drug-likeness (QED) is 0.836. The van der Waals surface area contributed by atoms with Gasteiger partial charge in [-0.2, -0.15) is 5.10 Å². The number of hydrogen-bond acceptors (Lipinski definition) is 4. The first-order valence-corrected chi connectivity index (χ1v) is 5.37. The first-order valence-electron chi connectivity index (χ1n) is 5.37. The first-order chi connectivity index (χ1) is 7.68. The van der Waals surface area contributed by atoms with E-state index in [9.17, 15) is 0 Å². The summed E-state index contributed by atoms with van der Waals surface area (Å²) >= 11 is 0. The number of rotatable bonds is 4. The first kappa shape index (κ1) is 10.9. The standard InChI is InChI=1S/C11H17N5/c1-9(15(2)3)8-13-11-10-4-5-14-16(10)7-6-12-11/h4-7,9H,8H2,1-3H3,(H,12,13). The summed E-state index contributed by atoms with van der Waals surface area (Å²) in [4.78, 5) is 6.49. The molecule has 0 aliphatic heterocycles. The Hall–Kier alpha value is -1.62. The summed E-state index contributed by atoms with van der Waals surface area (Å²) in [5.41, 5.74) is 1.01. The third-order valence-corrected chi connectivity index (χ3v) is 2.77. The van der Waals surface area contributed by atoms with Gasteiger partial charge in [0.2, 0.25) is 0 Å². The SMILES string of the molecule is CC(CNc1nccn2nccc12)N(C)C. The molecular formula is C11H17N5. The van der Waals surface area contributed by atoms with Crippen molar-refractivity contribution in [2.75, 3.05) is 26.0 Å². The molecule has 16 heavy (non-hydrogen) atoms. The van der Waals surface area contributed by atoms with Gasteiger partial charge < -0.3 is 10.2 Å². The number of fused-ring (bicyclic) bond motifs is 1. The second-order valence-corrected chi connectivity index (χ2v) is 4.13. The monoisotopic (exact) mass is 219 g/mol. The highest BCUT2D eigenvalue weighted by atomic mass is 15.2. The molecule has 0 aliphatic rings. The molecule has 1 unspecified atom stereocenters. The van der Waals surface area contributed by atoms with Gasteiger partial charge in [0.15, 0.2) is 5.82 Å². The molecule has 2 aromatic rings. The molecule has 5 heteroatoms. The maximum Gasteiger partial charge on any atom is 0.152 e. The van der Waals surface area contributed by atoms with Gasteiger partial charge in [0.25, 0.3) is 0 Å². The zero-order valence-electron chi connectivity index (χ0n) is 9.88. The molecule has 0 saturated carbocycles. The van der Waals surface area contributed by atoms with Gasteiger partial charge in [0.05, 0.1) is 6.20 Å². The van der Waals surface area contributed by atoms with Crippen molar-refractivity contribution in [3.63, 3.8) is 0 Å². The highest BCUT2D eigenvalue weighted by Gasteiger charge is 2.06. The molecule has 2 aromatic heterocycles. The maximum absolute atomic E-state index is 4.32. The number of likely N-dealkylation sites (N-methyl/N-ethyl adjacent to an activating group) is 1. The van der Waals surface area contributed by atoms with Gasteiger partial charge in [0.1, 0.15) is 5.52 Å². The van der Waals surface area contributed by atoms with Crippen LogP contribution in [0.2, 0.25) is 0 Å². The van der Waals surface area contributed by atoms with Crippen LogP contribution in [-0.2, 0) is 0 Å². The highest BCUT2D eigenvalue weighted by Crippen LogP contribution is 2.12. The minimum absolute atomic E-state index is 0.463. The molecule has 0 radical (unpaired) electrons. The molecule has 0 fully saturated rings. The smallest absolute Gasteiger partial charge is 0.152 e. The van der Waals surface area contributed by atoms with Crippen LogP contribution in [-0.4, -0.2) is 46.2 Å². The largest absolute Gasteiger partial charge is 0.367 e. The third-order valence-electron chi connectivity index (χ3n) is 2.77. The number of hydrogen-bond donors (Lipinski definition) is 1. The molecule has 0 spiro atoms. The van der Waals surface area contributed by atoms with Crippen molar-refractivity contribution in [1.82, 2.24) is 19.5 Å². The molecule has 2 rings (SSSR count). The lowest BCUT2D eigenvalue weighted by atomic mass is 10.3. The fraction of sp³-hybridized carbons (Fsp3) is 0.455. The van der Waals surface area contributed by atoms with Crippen LogP contribution in [0.4, 0.5) is 5.82 Å². The molecule has 0 bridgehead atoms. The molecule has 0 saturated heterocycles. The van der Waals surface area contributed by atoms with Crippen LogP contribution in [0.15, 0.2) is 24.7 Å². The van der Waals surface area contributed by atoms with E-state index in [4.69, 9.17) is 0 Å². The summed E-state index contributed by atoms with van der Waals surface area (Å²) in [6, 6.07) is 2.42. The van der Waals surface area contributed by atoms with E-state index in [0.29, 0.717) is 6.04 Å². The highest BCUT2D eigenvalue weighted by molar-refractivity contribution is 5.66. The van der Waals surface area contributed by atoms with E-state index in [1.807, 2.05) is 16.8 Å². The van der Waals surface area contributed by atoms with Crippen molar-refractivity contribution in [2.45, 2.75) is 13.0 Å². The Morgan fingerprint density at radius 1 is 1.44 bits per heavy atom. The van der Waals surface area contributed by atoms with E-state index >= 15 is 0 Å². The van der Waals surface area contributed by atoms with E-state index in [2.05, 4.69) is 41.3 Å². The Balaban J connectivity index is 2.12. The fourth-order valence-corrected chi connectivity index (χ4v) is 1.42. The number of anilines is 1. The second-order valence-electron chi connectivity index (χ2n) is 4.13. The predicted octanol–water partition coefficient (Wildman–Crippen LogP) is 1.09. The summed E-state index contributed by atoms with van der Waals surface area (Å²) in [6.45, 7) is 3.04. The van der Waals surface area contributed by atoms with Crippen molar-refractivity contribution < 1.29 is 0 Å². The molecular weight excluding hydrogens is 202 g/mol. The molecule has 0 aromatic carbocycles. The molecule has 0 aliphatic carbocycles. The summed E-state index contributed by atoms with van der Waals surface area (Å²) in [7, 11) is 4.14. The zero-order chi connectivity index (χ0) is 11.5. The normalized spacial score (nSPS) is 13.2. The summed E-state index contributed by atoms with van der Waals surface area (Å²) < 4.78 is 1.82. The molecule has 0 amide bonds. The van der Waals surface area contributed by atoms with Gasteiger partial charge >= 0.3 is 0 Å². The minimum Gasteiger partial charge on any atom is -0.367 e. The van der Waals surface area contributed by atoms with Gasteiger partial charge in [-0.3, -0.25) is 0 Å². The Morgan fingerprint density at radius 2 is 2.25 bits per heavy atom. The molecule has 2 heterocycles. The van der Waals surface area contributed by atoms with Crippen LogP contribution in [0, 0.1) is 0 Å². The van der Waals surface area contributed by atoms with Crippen molar-refractivity contribution in [2.24, 2.45) is 0 Å². The number of aromatic nitrogens is 3. The van der Waals surface area contributed by atoms with E-state index in [1.165, 1.54) is 0 Å². The summed E-state index contributed by atoms with van der Waals surface area (Å²) in [6.07, 6.45) is 5.37.